The third-order valence-corrected chi connectivity index (χ3v) is 3.93. The highest BCUT2D eigenvalue weighted by Crippen LogP contribution is 2.29. The van der Waals surface area contributed by atoms with Gasteiger partial charge in [-0.15, -0.1) is 11.3 Å². The molecule has 1 unspecified atom stereocenters. The lowest BCUT2D eigenvalue weighted by atomic mass is 10.0. The molecule has 0 fully saturated rings. The zero-order chi connectivity index (χ0) is 12.4. The standard InChI is InChI=1S/C14H16FNS/c1-9-6-11(8-12(15)7-9)13(16-3)14-10(2)4-5-17-14/h4-8,13,16H,1-3H3. The van der Waals surface area contributed by atoms with Gasteiger partial charge >= 0.3 is 0 Å². The molecule has 90 valence electrons. The Hall–Kier alpha value is -1.19. The Kier molecular flexibility index (Phi) is 3.60. The van der Waals surface area contributed by atoms with E-state index in [1.165, 1.54) is 10.4 Å². The zero-order valence-corrected chi connectivity index (χ0v) is 11.1. The Morgan fingerprint density at radius 2 is 2.00 bits per heavy atom. The summed E-state index contributed by atoms with van der Waals surface area (Å²) in [5.41, 5.74) is 3.18. The molecule has 1 aromatic heterocycles. The summed E-state index contributed by atoms with van der Waals surface area (Å²) in [5, 5.41) is 5.33. The van der Waals surface area contributed by atoms with Gasteiger partial charge in [0.05, 0.1) is 6.04 Å². The number of thiophene rings is 1. The van der Waals surface area contributed by atoms with Gasteiger partial charge in [-0.1, -0.05) is 6.07 Å². The highest BCUT2D eigenvalue weighted by molar-refractivity contribution is 7.10. The smallest absolute Gasteiger partial charge is 0.123 e. The second kappa shape index (κ2) is 4.98. The molecule has 0 aliphatic carbocycles. The molecule has 0 radical (unpaired) electrons. The average molecular weight is 249 g/mol. The first-order chi connectivity index (χ1) is 8.11. The van der Waals surface area contributed by atoms with Crippen molar-refractivity contribution in [1.82, 2.24) is 5.32 Å². The molecule has 1 N–H and O–H groups in total. The molecule has 0 saturated heterocycles. The van der Waals surface area contributed by atoms with Crippen molar-refractivity contribution in [2.45, 2.75) is 19.9 Å². The summed E-state index contributed by atoms with van der Waals surface area (Å²) < 4.78 is 13.4. The van der Waals surface area contributed by atoms with E-state index in [0.29, 0.717) is 0 Å². The fourth-order valence-electron chi connectivity index (χ4n) is 2.06. The van der Waals surface area contributed by atoms with Crippen molar-refractivity contribution in [1.29, 1.82) is 0 Å². The summed E-state index contributed by atoms with van der Waals surface area (Å²) in [4.78, 5) is 1.25. The summed E-state index contributed by atoms with van der Waals surface area (Å²) >= 11 is 1.70. The maximum Gasteiger partial charge on any atom is 0.123 e. The van der Waals surface area contributed by atoms with Gasteiger partial charge in [0.25, 0.3) is 0 Å². The molecule has 0 amide bonds. The molecule has 0 aliphatic rings. The van der Waals surface area contributed by atoms with Crippen LogP contribution in [0.25, 0.3) is 0 Å². The van der Waals surface area contributed by atoms with E-state index in [2.05, 4.69) is 23.7 Å². The molecule has 1 heterocycles. The molecule has 1 aromatic carbocycles. The zero-order valence-electron chi connectivity index (χ0n) is 10.3. The molecule has 1 nitrogen and oxygen atoms in total. The first-order valence-electron chi connectivity index (χ1n) is 5.60. The quantitative estimate of drug-likeness (QED) is 0.872. The number of benzene rings is 1. The van der Waals surface area contributed by atoms with Crippen LogP contribution in [-0.2, 0) is 0 Å². The Morgan fingerprint density at radius 3 is 2.53 bits per heavy atom. The number of halogens is 1. The first kappa shape index (κ1) is 12.3. The van der Waals surface area contributed by atoms with Crippen LogP contribution in [0.3, 0.4) is 0 Å². The van der Waals surface area contributed by atoms with E-state index < -0.39 is 0 Å². The molecular weight excluding hydrogens is 233 g/mol. The van der Waals surface area contributed by atoms with Crippen molar-refractivity contribution >= 4 is 11.3 Å². The van der Waals surface area contributed by atoms with E-state index >= 15 is 0 Å². The largest absolute Gasteiger partial charge is 0.309 e. The molecule has 1 atom stereocenters. The summed E-state index contributed by atoms with van der Waals surface area (Å²) in [7, 11) is 1.91. The summed E-state index contributed by atoms with van der Waals surface area (Å²) in [6.07, 6.45) is 0. The van der Waals surface area contributed by atoms with Crippen LogP contribution in [0.2, 0.25) is 0 Å². The van der Waals surface area contributed by atoms with Crippen molar-refractivity contribution in [2.24, 2.45) is 0 Å². The fourth-order valence-corrected chi connectivity index (χ4v) is 3.12. The van der Waals surface area contributed by atoms with Crippen LogP contribution in [0.15, 0.2) is 29.6 Å². The van der Waals surface area contributed by atoms with Gasteiger partial charge in [-0.2, -0.15) is 0 Å². The predicted octanol–water partition coefficient (Wildman–Crippen LogP) is 3.81. The second-order valence-electron chi connectivity index (χ2n) is 4.25. The maximum atomic E-state index is 13.4. The van der Waals surface area contributed by atoms with Crippen molar-refractivity contribution < 1.29 is 4.39 Å². The Balaban J connectivity index is 2.45. The molecule has 0 saturated carbocycles. The number of hydrogen-bond acceptors (Lipinski definition) is 2. The highest BCUT2D eigenvalue weighted by atomic mass is 32.1. The molecule has 3 heteroatoms. The first-order valence-corrected chi connectivity index (χ1v) is 6.48. The van der Waals surface area contributed by atoms with Gasteiger partial charge in [0.2, 0.25) is 0 Å². The highest BCUT2D eigenvalue weighted by Gasteiger charge is 2.16. The minimum absolute atomic E-state index is 0.0735. The number of rotatable bonds is 3. The van der Waals surface area contributed by atoms with Crippen molar-refractivity contribution in [3.8, 4) is 0 Å². The van der Waals surface area contributed by atoms with Crippen LogP contribution in [0, 0.1) is 19.7 Å². The lowest BCUT2D eigenvalue weighted by Gasteiger charge is -2.17. The predicted molar refractivity (Wildman–Crippen MR) is 71.1 cm³/mol. The van der Waals surface area contributed by atoms with Crippen LogP contribution >= 0.6 is 11.3 Å². The summed E-state index contributed by atoms with van der Waals surface area (Å²) in [6.45, 7) is 4.00. The monoisotopic (exact) mass is 249 g/mol. The minimum Gasteiger partial charge on any atom is -0.309 e. The van der Waals surface area contributed by atoms with Crippen molar-refractivity contribution in [3.05, 3.63) is 57.0 Å². The van der Waals surface area contributed by atoms with E-state index in [4.69, 9.17) is 0 Å². The molecule has 2 rings (SSSR count). The number of nitrogens with one attached hydrogen (secondary N) is 1. The lowest BCUT2D eigenvalue weighted by molar-refractivity contribution is 0.616. The van der Waals surface area contributed by atoms with Gasteiger partial charge < -0.3 is 5.32 Å². The topological polar surface area (TPSA) is 12.0 Å². The van der Waals surface area contributed by atoms with Crippen LogP contribution in [0.4, 0.5) is 4.39 Å². The molecular formula is C14H16FNS. The van der Waals surface area contributed by atoms with Crippen molar-refractivity contribution in [2.75, 3.05) is 7.05 Å². The third-order valence-electron chi connectivity index (χ3n) is 2.85. The normalized spacial score (nSPS) is 12.7. The van der Waals surface area contributed by atoms with Gasteiger partial charge in [-0.05, 0) is 61.2 Å². The summed E-state index contributed by atoms with van der Waals surface area (Å²) in [6, 6.07) is 7.36. The van der Waals surface area contributed by atoms with Crippen molar-refractivity contribution in [3.63, 3.8) is 0 Å². The van der Waals surface area contributed by atoms with Gasteiger partial charge in [0.15, 0.2) is 0 Å². The maximum absolute atomic E-state index is 13.4. The third kappa shape index (κ3) is 2.56. The van der Waals surface area contributed by atoms with E-state index in [0.717, 1.165) is 11.1 Å². The second-order valence-corrected chi connectivity index (χ2v) is 5.20. The molecule has 0 aliphatic heterocycles. The lowest BCUT2D eigenvalue weighted by Crippen LogP contribution is -2.17. The van der Waals surface area contributed by atoms with Gasteiger partial charge in [-0.3, -0.25) is 0 Å². The van der Waals surface area contributed by atoms with E-state index in [9.17, 15) is 4.39 Å². The van der Waals surface area contributed by atoms with Gasteiger partial charge in [0.1, 0.15) is 5.82 Å². The number of hydrogen-bond donors (Lipinski definition) is 1. The number of aryl methyl sites for hydroxylation is 2. The van der Waals surface area contributed by atoms with Crippen LogP contribution in [0.5, 0.6) is 0 Å². The van der Waals surface area contributed by atoms with Gasteiger partial charge in [-0.25, -0.2) is 4.39 Å². The Labute approximate surface area is 105 Å². The molecule has 0 bridgehead atoms. The average Bonchev–Trinajstić information content (AvgIpc) is 2.65. The van der Waals surface area contributed by atoms with E-state index in [-0.39, 0.29) is 11.9 Å². The van der Waals surface area contributed by atoms with Crippen LogP contribution in [0.1, 0.15) is 27.6 Å². The van der Waals surface area contributed by atoms with Gasteiger partial charge in [0, 0.05) is 4.88 Å². The molecule has 0 spiro atoms. The minimum atomic E-state index is -0.172. The fraction of sp³-hybridized carbons (Fsp3) is 0.286. The SMILES string of the molecule is CNC(c1cc(C)cc(F)c1)c1sccc1C. The van der Waals surface area contributed by atoms with E-state index in [1.807, 2.05) is 20.0 Å². The summed E-state index contributed by atoms with van der Waals surface area (Å²) in [5.74, 6) is -0.172. The van der Waals surface area contributed by atoms with E-state index in [1.54, 1.807) is 23.5 Å². The molecule has 17 heavy (non-hydrogen) atoms. The van der Waals surface area contributed by atoms with Crippen LogP contribution < -0.4 is 5.32 Å². The Bertz CT molecular complexity index is 498. The Morgan fingerprint density at radius 1 is 1.24 bits per heavy atom. The molecule has 2 aromatic rings. The van der Waals surface area contributed by atoms with Crippen LogP contribution in [-0.4, -0.2) is 7.05 Å².